The Morgan fingerprint density at radius 2 is 2.25 bits per heavy atom. The summed E-state index contributed by atoms with van der Waals surface area (Å²) < 4.78 is 6.66. The molecule has 3 aromatic heterocycles. The Labute approximate surface area is 158 Å². The van der Waals surface area contributed by atoms with Gasteiger partial charge in [0, 0.05) is 13.0 Å². The van der Waals surface area contributed by atoms with Crippen molar-refractivity contribution in [3.8, 4) is 11.6 Å². The summed E-state index contributed by atoms with van der Waals surface area (Å²) in [4.78, 5) is 30.8. The molecule has 2 N–H and O–H groups in total. The molecule has 0 aliphatic carbocycles. The fourth-order valence-corrected chi connectivity index (χ4v) is 2.43. The summed E-state index contributed by atoms with van der Waals surface area (Å²) in [6, 6.07) is -0.545. The van der Waals surface area contributed by atoms with Crippen molar-refractivity contribution in [3.63, 3.8) is 0 Å². The van der Waals surface area contributed by atoms with Crippen LogP contribution < -0.4 is 5.32 Å². The number of nitrogens with one attached hydrogen (secondary N) is 2. The lowest BCUT2D eigenvalue weighted by Gasteiger charge is -2.28. The predicted octanol–water partition coefficient (Wildman–Crippen LogP) is 1.25. The molecule has 1 amide bonds. The van der Waals surface area contributed by atoms with Gasteiger partial charge in [0.1, 0.15) is 24.8 Å². The van der Waals surface area contributed by atoms with E-state index in [-0.39, 0.29) is 36.3 Å². The molecule has 28 heavy (non-hydrogen) atoms. The number of nitro groups is 1. The number of H-pyrrole nitrogens is 1. The molecule has 148 valence electrons. The van der Waals surface area contributed by atoms with E-state index in [4.69, 9.17) is 4.52 Å². The molecule has 1 atom stereocenters. The quantitative estimate of drug-likeness (QED) is 0.445. The zero-order valence-electron chi connectivity index (χ0n) is 15.5. The van der Waals surface area contributed by atoms with Gasteiger partial charge in [-0.15, -0.1) is 0 Å². The third-order valence-corrected chi connectivity index (χ3v) is 3.89. The van der Waals surface area contributed by atoms with E-state index in [1.54, 1.807) is 0 Å². The molecule has 0 bridgehead atoms. The van der Waals surface area contributed by atoms with Gasteiger partial charge in [0.2, 0.25) is 17.6 Å². The van der Waals surface area contributed by atoms with Crippen LogP contribution in [0.2, 0.25) is 0 Å². The number of nitrogens with zero attached hydrogens (tertiary/aromatic N) is 7. The van der Waals surface area contributed by atoms with Gasteiger partial charge in [0.15, 0.2) is 5.82 Å². The van der Waals surface area contributed by atoms with E-state index >= 15 is 0 Å². The van der Waals surface area contributed by atoms with Gasteiger partial charge in [-0.1, -0.05) is 25.9 Å². The molecule has 0 saturated heterocycles. The smallest absolute Gasteiger partial charge is 0.306 e. The summed E-state index contributed by atoms with van der Waals surface area (Å²) in [5.74, 6) is 0.550. The van der Waals surface area contributed by atoms with E-state index in [2.05, 4.69) is 35.7 Å². The van der Waals surface area contributed by atoms with Crippen LogP contribution in [0.3, 0.4) is 0 Å². The van der Waals surface area contributed by atoms with Crippen LogP contribution in [0.5, 0.6) is 0 Å². The van der Waals surface area contributed by atoms with Crippen LogP contribution in [-0.2, 0) is 11.3 Å². The van der Waals surface area contributed by atoms with Crippen molar-refractivity contribution in [3.05, 3.63) is 34.7 Å². The first kappa shape index (κ1) is 19.1. The molecular weight excluding hydrogens is 370 g/mol. The van der Waals surface area contributed by atoms with E-state index in [1.807, 2.05) is 20.8 Å². The standard InChI is InChI=1S/C15H19N9O4/c1-15(2,3)11(14-20-13(22-28-14)12-16-8-17-21-12)19-10(25)4-5-23-7-9(6-18-23)24(26)27/h6-8,11H,4-5H2,1-3H3,(H,19,25)(H,16,17,21). The molecular formula is C15H19N9O4. The third-order valence-electron chi connectivity index (χ3n) is 3.89. The maximum atomic E-state index is 12.4. The maximum absolute atomic E-state index is 12.4. The minimum absolute atomic E-state index is 0.0779. The van der Waals surface area contributed by atoms with Gasteiger partial charge in [-0.05, 0) is 5.41 Å². The van der Waals surface area contributed by atoms with E-state index in [0.717, 1.165) is 6.20 Å². The summed E-state index contributed by atoms with van der Waals surface area (Å²) in [7, 11) is 0. The molecule has 3 heterocycles. The van der Waals surface area contributed by atoms with Gasteiger partial charge in [-0.25, -0.2) is 4.98 Å². The molecule has 0 aliphatic heterocycles. The van der Waals surface area contributed by atoms with Gasteiger partial charge >= 0.3 is 5.69 Å². The highest BCUT2D eigenvalue weighted by molar-refractivity contribution is 5.76. The Morgan fingerprint density at radius 1 is 1.46 bits per heavy atom. The number of carbonyl (C=O) groups is 1. The van der Waals surface area contributed by atoms with Crippen LogP contribution in [-0.4, -0.2) is 45.9 Å². The molecule has 0 aromatic carbocycles. The van der Waals surface area contributed by atoms with Crippen LogP contribution in [0.15, 0.2) is 23.2 Å². The zero-order valence-corrected chi connectivity index (χ0v) is 15.5. The normalized spacial score (nSPS) is 12.7. The van der Waals surface area contributed by atoms with Crippen molar-refractivity contribution in [1.82, 2.24) is 40.4 Å². The van der Waals surface area contributed by atoms with Crippen LogP contribution in [0, 0.1) is 15.5 Å². The lowest BCUT2D eigenvalue weighted by atomic mass is 9.86. The first-order valence-corrected chi connectivity index (χ1v) is 8.39. The maximum Gasteiger partial charge on any atom is 0.306 e. The highest BCUT2D eigenvalue weighted by Gasteiger charge is 2.33. The molecule has 0 saturated carbocycles. The second-order valence-corrected chi connectivity index (χ2v) is 7.13. The zero-order chi connectivity index (χ0) is 20.3. The molecule has 0 radical (unpaired) electrons. The third kappa shape index (κ3) is 4.36. The molecule has 1 unspecified atom stereocenters. The summed E-state index contributed by atoms with van der Waals surface area (Å²) >= 11 is 0. The van der Waals surface area contributed by atoms with Gasteiger partial charge in [0.25, 0.3) is 0 Å². The van der Waals surface area contributed by atoms with Crippen molar-refractivity contribution < 1.29 is 14.2 Å². The van der Waals surface area contributed by atoms with Crippen LogP contribution in [0.1, 0.15) is 39.1 Å². The van der Waals surface area contributed by atoms with Crippen molar-refractivity contribution >= 4 is 11.6 Å². The highest BCUT2D eigenvalue weighted by Crippen LogP contribution is 2.32. The lowest BCUT2D eigenvalue weighted by Crippen LogP contribution is -2.37. The lowest BCUT2D eigenvalue weighted by molar-refractivity contribution is -0.385. The Balaban J connectivity index is 1.67. The minimum atomic E-state index is -0.545. The largest absolute Gasteiger partial charge is 0.344 e. The topological polar surface area (TPSA) is 171 Å². The summed E-state index contributed by atoms with van der Waals surface area (Å²) in [5, 5.41) is 27.7. The molecule has 13 heteroatoms. The van der Waals surface area contributed by atoms with Gasteiger partial charge < -0.3 is 9.84 Å². The number of carbonyl (C=O) groups excluding carboxylic acids is 1. The van der Waals surface area contributed by atoms with Crippen molar-refractivity contribution in [1.29, 1.82) is 0 Å². The van der Waals surface area contributed by atoms with E-state index in [1.165, 1.54) is 17.2 Å². The fourth-order valence-electron chi connectivity index (χ4n) is 2.43. The predicted molar refractivity (Wildman–Crippen MR) is 93.5 cm³/mol. The average Bonchev–Trinajstić information content (AvgIpc) is 3.37. The van der Waals surface area contributed by atoms with E-state index in [0.29, 0.717) is 5.82 Å². The number of amides is 1. The number of aromatic amines is 1. The number of aryl methyl sites for hydroxylation is 1. The molecule has 0 aliphatic rings. The Morgan fingerprint density at radius 3 is 2.86 bits per heavy atom. The Kier molecular flexibility index (Phi) is 5.15. The van der Waals surface area contributed by atoms with Crippen molar-refractivity contribution in [2.75, 3.05) is 0 Å². The summed E-state index contributed by atoms with van der Waals surface area (Å²) in [5.41, 5.74) is -0.537. The molecule has 0 fully saturated rings. The van der Waals surface area contributed by atoms with E-state index < -0.39 is 16.4 Å². The SMILES string of the molecule is CC(C)(C)C(NC(=O)CCn1cc([N+](=O)[O-])cn1)c1nc(-c2ncn[nH]2)no1. The second kappa shape index (κ2) is 7.54. The Bertz CT molecular complexity index is 954. The van der Waals surface area contributed by atoms with Crippen LogP contribution >= 0.6 is 0 Å². The van der Waals surface area contributed by atoms with E-state index in [9.17, 15) is 14.9 Å². The molecule has 0 spiro atoms. The van der Waals surface area contributed by atoms with Gasteiger partial charge in [-0.2, -0.15) is 15.2 Å². The molecule has 3 aromatic rings. The van der Waals surface area contributed by atoms with Crippen molar-refractivity contribution in [2.24, 2.45) is 5.41 Å². The second-order valence-electron chi connectivity index (χ2n) is 7.13. The first-order valence-electron chi connectivity index (χ1n) is 8.39. The van der Waals surface area contributed by atoms with Gasteiger partial charge in [-0.3, -0.25) is 24.7 Å². The van der Waals surface area contributed by atoms with Gasteiger partial charge in [0.05, 0.1) is 4.92 Å². The molecule has 13 nitrogen and oxygen atoms in total. The average molecular weight is 389 g/mol. The fraction of sp³-hybridized carbons (Fsp3) is 0.467. The van der Waals surface area contributed by atoms with Crippen LogP contribution in [0.4, 0.5) is 5.69 Å². The summed E-state index contributed by atoms with van der Waals surface area (Å²) in [6.45, 7) is 5.97. The van der Waals surface area contributed by atoms with Crippen LogP contribution in [0.25, 0.3) is 11.6 Å². The first-order chi connectivity index (χ1) is 13.2. The number of hydrogen-bond donors (Lipinski definition) is 2. The minimum Gasteiger partial charge on any atom is -0.344 e. The molecule has 3 rings (SSSR count). The highest BCUT2D eigenvalue weighted by atomic mass is 16.6. The van der Waals surface area contributed by atoms with Crippen molar-refractivity contribution in [2.45, 2.75) is 39.8 Å². The Hall–Kier alpha value is -3.64. The summed E-state index contributed by atoms with van der Waals surface area (Å²) in [6.07, 6.45) is 3.82. The number of aromatic nitrogens is 7. The monoisotopic (exact) mass is 389 g/mol. The number of rotatable bonds is 7. The number of hydrogen-bond acceptors (Lipinski definition) is 9.